The summed E-state index contributed by atoms with van der Waals surface area (Å²) in [6.07, 6.45) is 1.17. The van der Waals surface area contributed by atoms with Gasteiger partial charge in [-0.2, -0.15) is 4.31 Å². The maximum atomic E-state index is 13.8. The minimum absolute atomic E-state index is 0.0103. The van der Waals surface area contributed by atoms with Gasteiger partial charge >= 0.3 is 0 Å². The lowest BCUT2D eigenvalue weighted by Gasteiger charge is -2.42. The van der Waals surface area contributed by atoms with E-state index in [2.05, 4.69) is 0 Å². The molecule has 4 rings (SSSR count). The van der Waals surface area contributed by atoms with E-state index in [1.165, 1.54) is 4.31 Å². The highest BCUT2D eigenvalue weighted by Gasteiger charge is 2.43. The average molecular weight is 495 g/mol. The number of para-hydroxylation sites is 1. The number of ether oxygens (including phenoxy) is 2. The van der Waals surface area contributed by atoms with Gasteiger partial charge in [-0.15, -0.1) is 0 Å². The quantitative estimate of drug-likeness (QED) is 0.592. The summed E-state index contributed by atoms with van der Waals surface area (Å²) < 4.78 is 66.6. The van der Waals surface area contributed by atoms with Gasteiger partial charge in [0.15, 0.2) is 0 Å². The van der Waals surface area contributed by atoms with E-state index >= 15 is 0 Å². The molecule has 0 aromatic heterocycles. The van der Waals surface area contributed by atoms with Gasteiger partial charge in [-0.1, -0.05) is 18.2 Å². The summed E-state index contributed by atoms with van der Waals surface area (Å²) in [7, 11) is -4.17. The zero-order chi connectivity index (χ0) is 24.2. The molecule has 0 N–H and O–H groups in total. The van der Waals surface area contributed by atoms with Gasteiger partial charge in [0.1, 0.15) is 17.4 Å². The molecule has 0 saturated carbocycles. The zero-order valence-corrected chi connectivity index (χ0v) is 19.6. The van der Waals surface area contributed by atoms with Gasteiger partial charge in [-0.3, -0.25) is 4.79 Å². The summed E-state index contributed by atoms with van der Waals surface area (Å²) in [5, 5.41) is 0. The summed E-state index contributed by atoms with van der Waals surface area (Å²) in [5.41, 5.74) is -0.789. The molecular weight excluding hydrogens is 466 g/mol. The van der Waals surface area contributed by atoms with E-state index in [9.17, 15) is 22.0 Å². The second kappa shape index (κ2) is 10.4. The van der Waals surface area contributed by atoms with Gasteiger partial charge < -0.3 is 14.4 Å². The minimum atomic E-state index is -4.17. The molecule has 1 atom stereocenters. The number of carbonyl (C=O) groups excluding carboxylic acids is 1. The molecule has 2 aliphatic rings. The molecule has 2 aromatic carbocycles. The van der Waals surface area contributed by atoms with Crippen molar-refractivity contribution in [1.82, 2.24) is 9.21 Å². The van der Waals surface area contributed by atoms with E-state index in [0.29, 0.717) is 51.0 Å². The second-order valence-electron chi connectivity index (χ2n) is 8.82. The Balaban J connectivity index is 1.59. The van der Waals surface area contributed by atoms with Crippen molar-refractivity contribution in [2.45, 2.75) is 24.2 Å². The SMILES string of the molecule is O=C(CC1(COc2ccccc2)CCCN(S(=O)(=O)c2cc(F)cc(F)c2)C1)N1CCOCC1. The van der Waals surface area contributed by atoms with Gasteiger partial charge in [-0.05, 0) is 37.1 Å². The molecular formula is C24H28F2N2O5S. The van der Waals surface area contributed by atoms with Gasteiger partial charge in [0, 0.05) is 44.1 Å². The van der Waals surface area contributed by atoms with Crippen LogP contribution in [0.3, 0.4) is 0 Å². The predicted octanol–water partition coefficient (Wildman–Crippen LogP) is 3.06. The summed E-state index contributed by atoms with van der Waals surface area (Å²) in [6, 6.07) is 11.4. The van der Waals surface area contributed by atoms with Crippen LogP contribution in [0.2, 0.25) is 0 Å². The molecule has 1 unspecified atom stereocenters. The first-order valence-corrected chi connectivity index (χ1v) is 12.7. The minimum Gasteiger partial charge on any atom is -0.493 e. The summed E-state index contributed by atoms with van der Waals surface area (Å²) in [6.45, 7) is 2.24. The fraction of sp³-hybridized carbons (Fsp3) is 0.458. The van der Waals surface area contributed by atoms with Crippen LogP contribution in [0.15, 0.2) is 53.4 Å². The molecule has 2 fully saturated rings. The highest BCUT2D eigenvalue weighted by Crippen LogP contribution is 2.37. The smallest absolute Gasteiger partial charge is 0.243 e. The third-order valence-electron chi connectivity index (χ3n) is 6.28. The number of benzene rings is 2. The van der Waals surface area contributed by atoms with Crippen LogP contribution in [0.5, 0.6) is 5.75 Å². The second-order valence-corrected chi connectivity index (χ2v) is 10.8. The van der Waals surface area contributed by atoms with E-state index in [1.54, 1.807) is 17.0 Å². The first kappa shape index (κ1) is 24.6. The van der Waals surface area contributed by atoms with Crippen LogP contribution in [0.25, 0.3) is 0 Å². The molecule has 0 bridgehead atoms. The Morgan fingerprint density at radius 3 is 2.38 bits per heavy atom. The van der Waals surface area contributed by atoms with Crippen molar-refractivity contribution < 1.29 is 31.5 Å². The molecule has 0 spiro atoms. The van der Waals surface area contributed by atoms with Crippen molar-refractivity contribution in [2.75, 3.05) is 46.0 Å². The van der Waals surface area contributed by atoms with Crippen molar-refractivity contribution in [3.05, 3.63) is 60.2 Å². The third kappa shape index (κ3) is 5.73. The number of nitrogens with zero attached hydrogens (tertiary/aromatic N) is 2. The van der Waals surface area contributed by atoms with E-state index in [1.807, 2.05) is 18.2 Å². The van der Waals surface area contributed by atoms with Crippen molar-refractivity contribution >= 4 is 15.9 Å². The Bertz CT molecular complexity index is 1090. The standard InChI is InChI=1S/C24H28F2N2O5S/c25-19-13-20(26)15-22(14-19)34(30,31)28-8-4-7-24(17-28,18-33-21-5-2-1-3-6-21)16-23(29)27-9-11-32-12-10-27/h1-3,5-6,13-15H,4,7-12,16-18H2. The van der Waals surface area contributed by atoms with Crippen molar-refractivity contribution in [3.8, 4) is 5.75 Å². The lowest BCUT2D eigenvalue weighted by Crippen LogP contribution is -2.51. The van der Waals surface area contributed by atoms with Crippen LogP contribution in [0, 0.1) is 17.0 Å². The number of carbonyl (C=O) groups is 1. The molecule has 1 amide bonds. The number of hydrogen-bond donors (Lipinski definition) is 0. The fourth-order valence-corrected chi connectivity index (χ4v) is 6.14. The Labute approximate surface area is 198 Å². The topological polar surface area (TPSA) is 76.2 Å². The molecule has 7 nitrogen and oxygen atoms in total. The van der Waals surface area contributed by atoms with E-state index in [0.717, 1.165) is 12.1 Å². The number of hydrogen-bond acceptors (Lipinski definition) is 5. The first-order valence-electron chi connectivity index (χ1n) is 11.3. The number of sulfonamides is 1. The average Bonchev–Trinajstić information content (AvgIpc) is 2.83. The Morgan fingerprint density at radius 2 is 1.71 bits per heavy atom. The lowest BCUT2D eigenvalue weighted by molar-refractivity contribution is -0.139. The summed E-state index contributed by atoms with van der Waals surface area (Å²) in [5.74, 6) is -1.39. The van der Waals surface area contributed by atoms with Gasteiger partial charge in [-0.25, -0.2) is 17.2 Å². The number of rotatable bonds is 7. The highest BCUT2D eigenvalue weighted by atomic mass is 32.2. The van der Waals surface area contributed by atoms with Crippen molar-refractivity contribution in [2.24, 2.45) is 5.41 Å². The molecule has 10 heteroatoms. The monoisotopic (exact) mass is 494 g/mol. The van der Waals surface area contributed by atoms with Crippen LogP contribution in [0.4, 0.5) is 8.78 Å². The van der Waals surface area contributed by atoms with E-state index < -0.39 is 32.0 Å². The normalized spacial score (nSPS) is 21.9. The Hall–Kier alpha value is -2.56. The molecule has 2 saturated heterocycles. The molecule has 2 aromatic rings. The number of halogens is 2. The van der Waals surface area contributed by atoms with Gasteiger partial charge in [0.05, 0.1) is 24.7 Å². The highest BCUT2D eigenvalue weighted by molar-refractivity contribution is 7.89. The van der Waals surface area contributed by atoms with Gasteiger partial charge in [0.2, 0.25) is 15.9 Å². The lowest BCUT2D eigenvalue weighted by atomic mass is 9.78. The maximum Gasteiger partial charge on any atom is 0.243 e. The van der Waals surface area contributed by atoms with Crippen LogP contribution in [-0.2, 0) is 19.6 Å². The maximum absolute atomic E-state index is 13.8. The number of piperidine rings is 1. The molecule has 2 aliphatic heterocycles. The Morgan fingerprint density at radius 1 is 1.03 bits per heavy atom. The molecule has 184 valence electrons. The van der Waals surface area contributed by atoms with Gasteiger partial charge in [0.25, 0.3) is 0 Å². The molecule has 2 heterocycles. The van der Waals surface area contributed by atoms with Crippen molar-refractivity contribution in [3.63, 3.8) is 0 Å². The number of morpholine rings is 1. The number of amides is 1. The largest absolute Gasteiger partial charge is 0.493 e. The van der Waals surface area contributed by atoms with Crippen LogP contribution in [-0.4, -0.2) is 69.5 Å². The Kier molecular flexibility index (Phi) is 7.49. The fourth-order valence-electron chi connectivity index (χ4n) is 4.51. The summed E-state index contributed by atoms with van der Waals surface area (Å²) >= 11 is 0. The molecule has 34 heavy (non-hydrogen) atoms. The predicted molar refractivity (Wildman–Crippen MR) is 121 cm³/mol. The van der Waals surface area contributed by atoms with Crippen molar-refractivity contribution in [1.29, 1.82) is 0 Å². The van der Waals surface area contributed by atoms with Crippen LogP contribution >= 0.6 is 0 Å². The zero-order valence-electron chi connectivity index (χ0n) is 18.8. The molecule has 0 aliphatic carbocycles. The van der Waals surface area contributed by atoms with E-state index in [-0.39, 0.29) is 32.0 Å². The van der Waals surface area contributed by atoms with E-state index in [4.69, 9.17) is 9.47 Å². The summed E-state index contributed by atoms with van der Waals surface area (Å²) in [4.78, 5) is 14.4. The molecule has 0 radical (unpaired) electrons. The first-order chi connectivity index (χ1) is 16.3. The van der Waals surface area contributed by atoms with Crippen LogP contribution < -0.4 is 4.74 Å². The third-order valence-corrected chi connectivity index (χ3v) is 8.10. The van der Waals surface area contributed by atoms with Crippen LogP contribution in [0.1, 0.15) is 19.3 Å².